The highest BCUT2D eigenvalue weighted by Crippen LogP contribution is 2.26. The van der Waals surface area contributed by atoms with E-state index in [1.165, 1.54) is 10.4 Å². The van der Waals surface area contributed by atoms with Crippen molar-refractivity contribution in [3.63, 3.8) is 0 Å². The third-order valence-corrected chi connectivity index (χ3v) is 7.07. The molecule has 0 spiro atoms. The van der Waals surface area contributed by atoms with Crippen LogP contribution >= 0.6 is 0 Å². The smallest absolute Gasteiger partial charge is 0.343 e. The van der Waals surface area contributed by atoms with Crippen LogP contribution in [-0.2, 0) is 10.0 Å². The average molecular weight is 410 g/mol. The van der Waals surface area contributed by atoms with Crippen molar-refractivity contribution in [1.29, 1.82) is 0 Å². The lowest BCUT2D eigenvalue weighted by Gasteiger charge is -2.26. The summed E-state index contributed by atoms with van der Waals surface area (Å²) in [5.41, 5.74) is 1.47. The number of ether oxygens (including phenoxy) is 1. The van der Waals surface area contributed by atoms with E-state index in [1.54, 1.807) is 37.4 Å². The van der Waals surface area contributed by atoms with Gasteiger partial charge in [0.1, 0.15) is 5.52 Å². The van der Waals surface area contributed by atoms with E-state index < -0.39 is 16.0 Å². The van der Waals surface area contributed by atoms with E-state index in [9.17, 15) is 13.2 Å². The van der Waals surface area contributed by atoms with Crippen LogP contribution in [0.1, 0.15) is 35.2 Å². The highest BCUT2D eigenvalue weighted by Gasteiger charge is 2.27. The lowest BCUT2D eigenvalue weighted by Crippen LogP contribution is -2.35. The van der Waals surface area contributed by atoms with Gasteiger partial charge in [-0.05, 0) is 49.6 Å². The van der Waals surface area contributed by atoms with E-state index in [1.807, 2.05) is 18.2 Å². The lowest BCUT2D eigenvalue weighted by atomic mass is 10.1. The van der Waals surface area contributed by atoms with Gasteiger partial charge in [0, 0.05) is 24.7 Å². The van der Waals surface area contributed by atoms with Crippen LogP contribution in [0.5, 0.6) is 5.75 Å². The quantitative estimate of drug-likeness (QED) is 0.481. The summed E-state index contributed by atoms with van der Waals surface area (Å²) in [6, 6.07) is 13.7. The summed E-state index contributed by atoms with van der Waals surface area (Å²) in [4.78, 5) is 17.3. The molecule has 1 saturated heterocycles. The van der Waals surface area contributed by atoms with Crippen LogP contribution in [0.2, 0.25) is 0 Å². The fraction of sp³-hybridized carbons (Fsp3) is 0.273. The summed E-state index contributed by atoms with van der Waals surface area (Å²) in [5, 5.41) is 0.857. The van der Waals surface area contributed by atoms with E-state index in [2.05, 4.69) is 4.98 Å². The molecular weight excluding hydrogens is 388 g/mol. The summed E-state index contributed by atoms with van der Waals surface area (Å²) in [6.45, 7) is 2.78. The van der Waals surface area contributed by atoms with Gasteiger partial charge in [0.15, 0.2) is 5.75 Å². The van der Waals surface area contributed by atoms with Gasteiger partial charge in [0.05, 0.1) is 10.5 Å². The zero-order valence-corrected chi connectivity index (χ0v) is 17.0. The molecule has 150 valence electrons. The van der Waals surface area contributed by atoms with Gasteiger partial charge in [-0.2, -0.15) is 4.31 Å². The van der Waals surface area contributed by atoms with Gasteiger partial charge in [-0.1, -0.05) is 30.7 Å². The zero-order valence-electron chi connectivity index (χ0n) is 16.2. The van der Waals surface area contributed by atoms with E-state index in [0.717, 1.165) is 24.6 Å². The number of piperidine rings is 1. The Bertz CT molecular complexity index is 1160. The van der Waals surface area contributed by atoms with Crippen LogP contribution in [0, 0.1) is 6.92 Å². The molecule has 7 heteroatoms. The van der Waals surface area contributed by atoms with Gasteiger partial charge in [-0.15, -0.1) is 0 Å². The maximum Gasteiger partial charge on any atom is 0.343 e. The second kappa shape index (κ2) is 7.93. The molecule has 1 aliphatic heterocycles. The second-order valence-electron chi connectivity index (χ2n) is 7.16. The number of hydrogen-bond donors (Lipinski definition) is 0. The number of nitrogens with zero attached hydrogens (tertiary/aromatic N) is 2. The second-order valence-corrected chi connectivity index (χ2v) is 9.10. The number of aromatic nitrogens is 1. The standard InChI is InChI=1S/C22H22N2O4S/c1-16-10-11-18(29(26,27)24-13-3-2-4-14-24)15-19(16)22(25)28-20-9-5-7-17-8-6-12-23-21(17)20/h5-12,15H,2-4,13-14H2,1H3. The lowest BCUT2D eigenvalue weighted by molar-refractivity contribution is 0.0735. The summed E-state index contributed by atoms with van der Waals surface area (Å²) < 4.78 is 33.0. The Morgan fingerprint density at radius 1 is 1.03 bits per heavy atom. The third kappa shape index (κ3) is 3.88. The van der Waals surface area contributed by atoms with Crippen LogP contribution in [0.3, 0.4) is 0 Å². The van der Waals surface area contributed by atoms with E-state index in [0.29, 0.717) is 29.9 Å². The first-order valence-corrected chi connectivity index (χ1v) is 11.1. The van der Waals surface area contributed by atoms with Gasteiger partial charge in [0.25, 0.3) is 0 Å². The van der Waals surface area contributed by atoms with Crippen molar-refractivity contribution in [1.82, 2.24) is 9.29 Å². The molecule has 4 rings (SSSR count). The van der Waals surface area contributed by atoms with Gasteiger partial charge in [0.2, 0.25) is 10.0 Å². The molecule has 0 radical (unpaired) electrons. The number of para-hydroxylation sites is 1. The Hall–Kier alpha value is -2.77. The van der Waals surface area contributed by atoms with Gasteiger partial charge in [-0.3, -0.25) is 4.98 Å². The molecular formula is C22H22N2O4S. The Balaban J connectivity index is 1.66. The minimum absolute atomic E-state index is 0.119. The predicted molar refractivity (Wildman–Crippen MR) is 110 cm³/mol. The van der Waals surface area contributed by atoms with Crippen molar-refractivity contribution in [2.24, 2.45) is 0 Å². The number of rotatable bonds is 4. The largest absolute Gasteiger partial charge is 0.421 e. The van der Waals surface area contributed by atoms with Crippen molar-refractivity contribution in [2.75, 3.05) is 13.1 Å². The molecule has 2 heterocycles. The number of fused-ring (bicyclic) bond motifs is 1. The molecule has 0 aliphatic carbocycles. The number of pyridine rings is 1. The van der Waals surface area contributed by atoms with Crippen molar-refractivity contribution < 1.29 is 17.9 Å². The van der Waals surface area contributed by atoms with Crippen molar-refractivity contribution in [3.05, 3.63) is 65.9 Å². The van der Waals surface area contributed by atoms with Gasteiger partial charge < -0.3 is 4.74 Å². The SMILES string of the molecule is Cc1ccc(S(=O)(=O)N2CCCCC2)cc1C(=O)Oc1cccc2cccnc12. The summed E-state index contributed by atoms with van der Waals surface area (Å²) in [7, 11) is -3.63. The first kappa shape index (κ1) is 19.5. The number of benzene rings is 2. The zero-order chi connectivity index (χ0) is 20.4. The molecule has 0 unspecified atom stereocenters. The molecule has 0 saturated carbocycles. The number of carbonyl (C=O) groups excluding carboxylic acids is 1. The number of sulfonamides is 1. The molecule has 0 atom stereocenters. The molecule has 1 aliphatic rings. The molecule has 1 aromatic heterocycles. The monoisotopic (exact) mass is 410 g/mol. The maximum atomic E-state index is 13.0. The maximum absolute atomic E-state index is 13.0. The average Bonchev–Trinajstić information content (AvgIpc) is 2.75. The minimum atomic E-state index is -3.63. The number of aryl methyl sites for hydroxylation is 1. The van der Waals surface area contributed by atoms with E-state index in [-0.39, 0.29) is 10.5 Å². The fourth-order valence-corrected chi connectivity index (χ4v) is 5.09. The highest BCUT2D eigenvalue weighted by molar-refractivity contribution is 7.89. The normalized spacial score (nSPS) is 15.3. The van der Waals surface area contributed by atoms with Crippen LogP contribution in [0.4, 0.5) is 0 Å². The Morgan fingerprint density at radius 2 is 1.79 bits per heavy atom. The van der Waals surface area contributed by atoms with E-state index >= 15 is 0 Å². The third-order valence-electron chi connectivity index (χ3n) is 5.18. The highest BCUT2D eigenvalue weighted by atomic mass is 32.2. The van der Waals surface area contributed by atoms with Crippen LogP contribution in [-0.4, -0.2) is 36.8 Å². The van der Waals surface area contributed by atoms with Crippen LogP contribution in [0.25, 0.3) is 10.9 Å². The topological polar surface area (TPSA) is 76.6 Å². The molecule has 3 aromatic rings. The van der Waals surface area contributed by atoms with Crippen molar-refractivity contribution in [3.8, 4) is 5.75 Å². The first-order valence-electron chi connectivity index (χ1n) is 9.63. The molecule has 2 aromatic carbocycles. The summed E-state index contributed by atoms with van der Waals surface area (Å²) in [5.74, 6) is -0.256. The fourth-order valence-electron chi connectivity index (χ4n) is 3.55. The molecule has 29 heavy (non-hydrogen) atoms. The van der Waals surface area contributed by atoms with Crippen molar-refractivity contribution in [2.45, 2.75) is 31.1 Å². The first-order chi connectivity index (χ1) is 14.0. The molecule has 0 N–H and O–H groups in total. The molecule has 1 fully saturated rings. The Labute approximate surface area is 170 Å². The molecule has 6 nitrogen and oxygen atoms in total. The number of hydrogen-bond acceptors (Lipinski definition) is 5. The Morgan fingerprint density at radius 3 is 2.59 bits per heavy atom. The van der Waals surface area contributed by atoms with Crippen molar-refractivity contribution >= 4 is 26.9 Å². The molecule has 0 bridgehead atoms. The summed E-state index contributed by atoms with van der Waals surface area (Å²) in [6.07, 6.45) is 4.38. The predicted octanol–water partition coefficient (Wildman–Crippen LogP) is 3.94. The number of esters is 1. The van der Waals surface area contributed by atoms with Crippen LogP contribution in [0.15, 0.2) is 59.6 Å². The van der Waals surface area contributed by atoms with Gasteiger partial charge in [-0.25, -0.2) is 13.2 Å². The minimum Gasteiger partial charge on any atom is -0.421 e. The Kier molecular flexibility index (Phi) is 5.34. The van der Waals surface area contributed by atoms with Gasteiger partial charge >= 0.3 is 5.97 Å². The molecule has 0 amide bonds. The van der Waals surface area contributed by atoms with E-state index in [4.69, 9.17) is 4.74 Å². The summed E-state index contributed by atoms with van der Waals surface area (Å²) >= 11 is 0. The van der Waals surface area contributed by atoms with Crippen LogP contribution < -0.4 is 4.74 Å². The number of carbonyl (C=O) groups is 1.